The van der Waals surface area contributed by atoms with Crippen molar-refractivity contribution in [2.45, 2.75) is 19.5 Å². The summed E-state index contributed by atoms with van der Waals surface area (Å²) in [5.41, 5.74) is 0.336. The van der Waals surface area contributed by atoms with Gasteiger partial charge in [-0.05, 0) is 42.6 Å². The summed E-state index contributed by atoms with van der Waals surface area (Å²) in [5, 5.41) is 13.0. The molecule has 1 N–H and O–H groups in total. The largest absolute Gasteiger partial charge is 0.507 e. The Bertz CT molecular complexity index is 1100. The third-order valence-electron chi connectivity index (χ3n) is 4.84. The molecule has 0 saturated carbocycles. The van der Waals surface area contributed by atoms with Crippen LogP contribution in [-0.2, 0) is 16.1 Å². The minimum atomic E-state index is -0.823. The van der Waals surface area contributed by atoms with E-state index in [1.807, 2.05) is 17.5 Å². The van der Waals surface area contributed by atoms with Crippen molar-refractivity contribution in [3.8, 4) is 5.75 Å². The first kappa shape index (κ1) is 19.0. The number of hydrogen-bond acceptors (Lipinski definition) is 6. The molecule has 0 aliphatic carbocycles. The van der Waals surface area contributed by atoms with Crippen LogP contribution < -0.4 is 4.74 Å². The van der Waals surface area contributed by atoms with Gasteiger partial charge in [0.2, 0.25) is 0 Å². The van der Waals surface area contributed by atoms with E-state index in [-0.39, 0.29) is 17.9 Å². The molecule has 0 bridgehead atoms. The number of nitrogens with zero attached hydrogens (tertiary/aromatic N) is 1. The molecule has 1 aromatic carbocycles. The Morgan fingerprint density at radius 1 is 1.17 bits per heavy atom. The fourth-order valence-electron chi connectivity index (χ4n) is 3.50. The van der Waals surface area contributed by atoms with Crippen molar-refractivity contribution < 1.29 is 23.8 Å². The Balaban J connectivity index is 1.88. The van der Waals surface area contributed by atoms with Gasteiger partial charge in [0.1, 0.15) is 29.1 Å². The molecule has 2 aromatic heterocycles. The zero-order chi connectivity index (χ0) is 20.5. The smallest absolute Gasteiger partial charge is 0.296 e. The summed E-state index contributed by atoms with van der Waals surface area (Å²) in [5.74, 6) is -0.219. The van der Waals surface area contributed by atoms with E-state index in [1.165, 1.54) is 23.3 Å². The molecule has 1 amide bonds. The summed E-state index contributed by atoms with van der Waals surface area (Å²) in [6, 6.07) is 13.3. The van der Waals surface area contributed by atoms with Gasteiger partial charge in [-0.2, -0.15) is 0 Å². The first-order valence-electron chi connectivity index (χ1n) is 9.01. The molecule has 7 heteroatoms. The number of thiophene rings is 1. The van der Waals surface area contributed by atoms with Crippen LogP contribution in [0.15, 0.2) is 63.9 Å². The lowest BCUT2D eigenvalue weighted by Crippen LogP contribution is -2.28. The molecule has 1 fully saturated rings. The Kier molecular flexibility index (Phi) is 4.98. The van der Waals surface area contributed by atoms with Crippen molar-refractivity contribution in [2.75, 3.05) is 7.11 Å². The van der Waals surface area contributed by atoms with Gasteiger partial charge in [0.05, 0.1) is 24.8 Å². The average Bonchev–Trinajstić information content (AvgIpc) is 3.45. The average molecular weight is 409 g/mol. The number of carbonyl (C=O) groups excluding carboxylic acids is 2. The number of rotatable bonds is 5. The molecule has 4 rings (SSSR count). The van der Waals surface area contributed by atoms with Crippen molar-refractivity contribution in [3.05, 3.63) is 81.4 Å². The van der Waals surface area contributed by atoms with E-state index >= 15 is 0 Å². The van der Waals surface area contributed by atoms with E-state index in [0.29, 0.717) is 22.8 Å². The zero-order valence-corrected chi connectivity index (χ0v) is 16.7. The Morgan fingerprint density at radius 3 is 2.62 bits per heavy atom. The second-order valence-electron chi connectivity index (χ2n) is 6.66. The van der Waals surface area contributed by atoms with E-state index in [0.717, 1.165) is 4.88 Å². The fourth-order valence-corrected chi connectivity index (χ4v) is 4.20. The lowest BCUT2D eigenvalue weighted by molar-refractivity contribution is -0.140. The van der Waals surface area contributed by atoms with Gasteiger partial charge in [0.15, 0.2) is 0 Å². The number of carbonyl (C=O) groups is 2. The van der Waals surface area contributed by atoms with E-state index in [1.54, 1.807) is 43.3 Å². The molecule has 148 valence electrons. The maximum Gasteiger partial charge on any atom is 0.296 e. The third-order valence-corrected chi connectivity index (χ3v) is 5.70. The number of likely N-dealkylation sites (tertiary alicyclic amines) is 1. The van der Waals surface area contributed by atoms with E-state index < -0.39 is 17.7 Å². The van der Waals surface area contributed by atoms with Crippen LogP contribution in [-0.4, -0.2) is 28.8 Å². The zero-order valence-electron chi connectivity index (χ0n) is 15.9. The summed E-state index contributed by atoms with van der Waals surface area (Å²) in [6.45, 7) is 2.03. The topological polar surface area (TPSA) is 80.0 Å². The van der Waals surface area contributed by atoms with Crippen molar-refractivity contribution in [3.63, 3.8) is 0 Å². The molecule has 29 heavy (non-hydrogen) atoms. The summed E-state index contributed by atoms with van der Waals surface area (Å²) in [4.78, 5) is 28.2. The predicted octanol–water partition coefficient (Wildman–Crippen LogP) is 4.28. The minimum Gasteiger partial charge on any atom is -0.507 e. The number of methoxy groups -OCH3 is 1. The van der Waals surface area contributed by atoms with Gasteiger partial charge >= 0.3 is 0 Å². The van der Waals surface area contributed by atoms with Crippen LogP contribution in [0, 0.1) is 6.92 Å². The fraction of sp³-hybridized carbons (Fsp3) is 0.182. The quantitative estimate of drug-likeness (QED) is 0.387. The third kappa shape index (κ3) is 3.34. The second kappa shape index (κ2) is 7.60. The molecule has 1 saturated heterocycles. The summed E-state index contributed by atoms with van der Waals surface area (Å²) >= 11 is 1.49. The van der Waals surface area contributed by atoms with Gasteiger partial charge in [-0.15, -0.1) is 11.3 Å². The van der Waals surface area contributed by atoms with Crippen LogP contribution in [0.3, 0.4) is 0 Å². The first-order chi connectivity index (χ1) is 14.0. The minimum absolute atomic E-state index is 0.00888. The second-order valence-corrected chi connectivity index (χ2v) is 7.69. The number of para-hydroxylation sites is 1. The lowest BCUT2D eigenvalue weighted by atomic mass is 9.99. The number of hydrogen-bond donors (Lipinski definition) is 1. The molecule has 1 aliphatic rings. The van der Waals surface area contributed by atoms with Crippen LogP contribution in [0.25, 0.3) is 5.76 Å². The van der Waals surface area contributed by atoms with Gasteiger partial charge in [-0.3, -0.25) is 9.59 Å². The number of amides is 1. The van der Waals surface area contributed by atoms with Crippen LogP contribution in [0.2, 0.25) is 0 Å². The highest BCUT2D eigenvalue weighted by Crippen LogP contribution is 2.42. The van der Waals surface area contributed by atoms with Crippen LogP contribution in [0.4, 0.5) is 0 Å². The predicted molar refractivity (Wildman–Crippen MR) is 109 cm³/mol. The highest BCUT2D eigenvalue weighted by atomic mass is 32.1. The highest BCUT2D eigenvalue weighted by Gasteiger charge is 2.47. The molecule has 6 nitrogen and oxygen atoms in total. The van der Waals surface area contributed by atoms with Gasteiger partial charge < -0.3 is 19.2 Å². The Labute approximate surface area is 171 Å². The molecular formula is C22H19NO5S. The van der Waals surface area contributed by atoms with Crippen LogP contribution in [0.5, 0.6) is 5.75 Å². The number of benzene rings is 1. The maximum absolute atomic E-state index is 13.0. The van der Waals surface area contributed by atoms with Crippen molar-refractivity contribution >= 4 is 28.8 Å². The van der Waals surface area contributed by atoms with Crippen molar-refractivity contribution in [1.29, 1.82) is 0 Å². The molecule has 1 atom stereocenters. The maximum atomic E-state index is 13.0. The van der Waals surface area contributed by atoms with Gasteiger partial charge in [-0.25, -0.2) is 0 Å². The number of aliphatic hydroxyl groups is 1. The van der Waals surface area contributed by atoms with Crippen LogP contribution in [0.1, 0.15) is 28.0 Å². The molecule has 0 spiro atoms. The molecule has 0 radical (unpaired) electrons. The van der Waals surface area contributed by atoms with E-state index in [4.69, 9.17) is 9.15 Å². The number of ketones is 1. The highest BCUT2D eigenvalue weighted by molar-refractivity contribution is 7.09. The summed E-state index contributed by atoms with van der Waals surface area (Å²) < 4.78 is 11.1. The monoisotopic (exact) mass is 409 g/mol. The van der Waals surface area contributed by atoms with Gasteiger partial charge in [0, 0.05) is 4.88 Å². The summed E-state index contributed by atoms with van der Waals surface area (Å²) in [6.07, 6.45) is 0. The molecule has 3 heterocycles. The van der Waals surface area contributed by atoms with E-state index in [9.17, 15) is 14.7 Å². The normalized spacial score (nSPS) is 18.4. The molecule has 3 aromatic rings. The first-order valence-corrected chi connectivity index (χ1v) is 9.89. The van der Waals surface area contributed by atoms with E-state index in [2.05, 4.69) is 0 Å². The standard InChI is InChI=1S/C22H19NO5S/c1-13-9-10-17(28-13)19-18(20(24)15-7-3-4-8-16(15)27-2)21(25)22(26)23(19)12-14-6-5-11-29-14/h3-11,19,24H,12H2,1-2H3/b20-18-. The SMILES string of the molecule is COc1ccccc1/C(O)=C1/C(=O)C(=O)N(Cc2cccs2)C1c1ccc(C)o1. The summed E-state index contributed by atoms with van der Waals surface area (Å²) in [7, 11) is 1.48. The number of aliphatic hydroxyl groups excluding tert-OH is 1. The van der Waals surface area contributed by atoms with Crippen molar-refractivity contribution in [2.24, 2.45) is 0 Å². The number of ether oxygens (including phenoxy) is 1. The van der Waals surface area contributed by atoms with Gasteiger partial charge in [-0.1, -0.05) is 18.2 Å². The van der Waals surface area contributed by atoms with Crippen LogP contribution >= 0.6 is 11.3 Å². The van der Waals surface area contributed by atoms with Gasteiger partial charge in [0.25, 0.3) is 11.7 Å². The molecular weight excluding hydrogens is 390 g/mol. The Morgan fingerprint density at radius 2 is 1.97 bits per heavy atom. The lowest BCUT2D eigenvalue weighted by Gasteiger charge is -2.23. The number of Topliss-reactive ketones (excluding diaryl/α,β-unsaturated/α-hetero) is 1. The molecule has 1 unspecified atom stereocenters. The Hall–Kier alpha value is -3.32. The number of furan rings is 1. The molecule has 1 aliphatic heterocycles. The number of aryl methyl sites for hydroxylation is 1. The van der Waals surface area contributed by atoms with Crippen molar-refractivity contribution in [1.82, 2.24) is 4.90 Å².